The van der Waals surface area contributed by atoms with E-state index in [0.717, 1.165) is 80.8 Å². The Morgan fingerprint density at radius 1 is 1.00 bits per heavy atom. The number of hydrogen-bond acceptors (Lipinski definition) is 7. The van der Waals surface area contributed by atoms with Crippen molar-refractivity contribution in [2.45, 2.75) is 66.2 Å². The number of carbonyl (C=O) groups excluding carboxylic acids is 2. The van der Waals surface area contributed by atoms with E-state index >= 15 is 0 Å². The van der Waals surface area contributed by atoms with Gasteiger partial charge < -0.3 is 29.7 Å². The Kier molecular flexibility index (Phi) is 7.38. The van der Waals surface area contributed by atoms with Gasteiger partial charge in [0, 0.05) is 35.8 Å². The highest BCUT2D eigenvalue weighted by Crippen LogP contribution is 2.59. The van der Waals surface area contributed by atoms with Gasteiger partial charge in [-0.3, -0.25) is 10.1 Å². The van der Waals surface area contributed by atoms with Gasteiger partial charge in [0.15, 0.2) is 0 Å². The summed E-state index contributed by atoms with van der Waals surface area (Å²) in [6.07, 6.45) is 5.08. The molecular weight excluding hydrogens is 757 g/mol. The molecule has 11 nitrogen and oxygen atoms in total. The molecular formula is C39H38IN7O4. The number of hydrogen-bond donors (Lipinski definition) is 4. The van der Waals surface area contributed by atoms with Crippen molar-refractivity contribution in [1.29, 1.82) is 0 Å². The molecule has 2 aromatic heterocycles. The Morgan fingerprint density at radius 2 is 1.80 bits per heavy atom. The third-order valence-corrected chi connectivity index (χ3v) is 13.4. The zero-order valence-electron chi connectivity index (χ0n) is 28.2. The van der Waals surface area contributed by atoms with E-state index in [0.29, 0.717) is 32.0 Å². The molecule has 5 aliphatic rings. The molecule has 0 bridgehead atoms. The van der Waals surface area contributed by atoms with Crippen LogP contribution >= 0.6 is 22.6 Å². The van der Waals surface area contributed by atoms with Gasteiger partial charge >= 0.3 is 6.09 Å². The summed E-state index contributed by atoms with van der Waals surface area (Å²) < 4.78 is 10.7. The number of ether oxygens (including phenoxy) is 2. The number of amides is 2. The van der Waals surface area contributed by atoms with Crippen LogP contribution in [0.2, 0.25) is 0 Å². The van der Waals surface area contributed by atoms with Crippen molar-refractivity contribution < 1.29 is 19.1 Å². The highest BCUT2D eigenvalue weighted by molar-refractivity contribution is 14.1. The highest BCUT2D eigenvalue weighted by Gasteiger charge is 2.59. The lowest BCUT2D eigenvalue weighted by atomic mass is 9.90. The lowest BCUT2D eigenvalue weighted by Gasteiger charge is -2.35. The Balaban J connectivity index is 0.900. The maximum atomic E-state index is 14.2. The lowest BCUT2D eigenvalue weighted by molar-refractivity contribution is -0.138. The third-order valence-electron chi connectivity index (χ3n) is 11.8. The first-order valence-corrected chi connectivity index (χ1v) is 19.1. The number of methoxy groups -OCH3 is 1. The van der Waals surface area contributed by atoms with E-state index in [2.05, 4.69) is 85.4 Å². The fraction of sp³-hybridized carbons (Fsp3) is 0.436. The van der Waals surface area contributed by atoms with Gasteiger partial charge in [-0.05, 0) is 98.1 Å². The van der Waals surface area contributed by atoms with Gasteiger partial charge in [0.2, 0.25) is 5.91 Å². The molecule has 51 heavy (non-hydrogen) atoms. The van der Waals surface area contributed by atoms with E-state index in [4.69, 9.17) is 19.4 Å². The number of carbonyl (C=O) groups is 2. The first-order chi connectivity index (χ1) is 24.8. The number of alkyl halides is 1. The molecule has 2 saturated carbocycles. The summed E-state index contributed by atoms with van der Waals surface area (Å²) in [5.41, 5.74) is 5.65. The van der Waals surface area contributed by atoms with Crippen molar-refractivity contribution in [3.8, 4) is 11.8 Å². The Bertz CT molecular complexity index is 2300. The third kappa shape index (κ3) is 5.55. The van der Waals surface area contributed by atoms with Crippen LogP contribution in [0.1, 0.15) is 73.4 Å². The summed E-state index contributed by atoms with van der Waals surface area (Å²) in [5, 5.41) is 8.70. The molecule has 3 saturated heterocycles. The standard InChI is InChI=1S/C39H38IN7O4/c1-50-38(49)45-33(22-10-12-51-13-11-22)37(48)47-31-16-24(31)17-32(47)36-42-28-9-6-23-14-20(4-7-26(23)34(28)44-36)2-3-21-5-8-27-29(15-21)43-35(41-27)30-18-25-19-39(25,40)46-30/h4-9,14-15,22,24-25,30-33,46H,10-13,16-19H2,1H3,(H,41,43)(H,42,44)(H,45,49)/t24?,25?,30-,31+,32-,33-,39?/m0/s1. The molecule has 5 aromatic rings. The molecule has 0 spiro atoms. The van der Waals surface area contributed by atoms with Gasteiger partial charge in [0.25, 0.3) is 0 Å². The zero-order chi connectivity index (χ0) is 34.4. The smallest absolute Gasteiger partial charge is 0.407 e. The van der Waals surface area contributed by atoms with Gasteiger partial charge in [-0.25, -0.2) is 14.8 Å². The predicted octanol–water partition coefficient (Wildman–Crippen LogP) is 5.99. The highest BCUT2D eigenvalue weighted by atomic mass is 127. The van der Waals surface area contributed by atoms with Crippen molar-refractivity contribution in [2.75, 3.05) is 20.3 Å². The topological polar surface area (TPSA) is 137 Å². The number of aromatic amines is 2. The van der Waals surface area contributed by atoms with Crippen LogP contribution in [-0.2, 0) is 14.3 Å². The zero-order valence-corrected chi connectivity index (χ0v) is 30.3. The maximum Gasteiger partial charge on any atom is 0.407 e. The van der Waals surface area contributed by atoms with Gasteiger partial charge in [0.1, 0.15) is 17.7 Å². The quantitative estimate of drug-likeness (QED) is 0.0743. The van der Waals surface area contributed by atoms with Gasteiger partial charge in [-0.2, -0.15) is 0 Å². The van der Waals surface area contributed by atoms with Crippen LogP contribution in [0.5, 0.6) is 0 Å². The number of imidazole rings is 2. The van der Waals surface area contributed by atoms with E-state index in [1.165, 1.54) is 13.5 Å². The number of rotatable bonds is 5. The van der Waals surface area contributed by atoms with Crippen molar-refractivity contribution in [3.05, 3.63) is 71.3 Å². The molecule has 3 aromatic carbocycles. The van der Waals surface area contributed by atoms with Gasteiger partial charge in [-0.15, -0.1) is 0 Å². The fourth-order valence-corrected chi connectivity index (χ4v) is 9.99. The van der Waals surface area contributed by atoms with Crippen LogP contribution in [-0.4, -0.2) is 72.8 Å². The summed E-state index contributed by atoms with van der Waals surface area (Å²) in [4.78, 5) is 45.6. The fourth-order valence-electron chi connectivity index (χ4n) is 8.83. The normalized spacial score (nSPS) is 28.7. The Labute approximate surface area is 308 Å². The number of piperidine rings is 2. The second-order valence-corrected chi connectivity index (χ2v) is 16.9. The monoisotopic (exact) mass is 795 g/mol. The van der Waals surface area contributed by atoms with E-state index < -0.39 is 12.1 Å². The average Bonchev–Trinajstić information content (AvgIpc) is 3.69. The molecule has 4 N–H and O–H groups in total. The van der Waals surface area contributed by atoms with Crippen molar-refractivity contribution >= 4 is 67.4 Å². The van der Waals surface area contributed by atoms with Crippen LogP contribution < -0.4 is 10.6 Å². The second kappa shape index (κ2) is 11.9. The SMILES string of the molecule is COC(=O)N[C@H](C(=O)N1[C@@H]2CC2C[C@H]1c1nc2c(ccc3cc(C#Cc4ccc5nc([C@@H]6CC7CC7(I)N6)[nH]c5c4)ccc32)[nH]1)C1CCOCC1. The van der Waals surface area contributed by atoms with Crippen molar-refractivity contribution in [3.63, 3.8) is 0 Å². The number of nitrogens with zero attached hydrogens (tertiary/aromatic N) is 3. The number of nitrogens with one attached hydrogen (secondary N) is 4. The minimum atomic E-state index is -0.657. The number of H-pyrrole nitrogens is 2. The largest absolute Gasteiger partial charge is 0.453 e. The predicted molar refractivity (Wildman–Crippen MR) is 200 cm³/mol. The first-order valence-electron chi connectivity index (χ1n) is 18.0. The molecule has 2 aliphatic carbocycles. The average molecular weight is 796 g/mol. The van der Waals surface area contributed by atoms with Gasteiger partial charge in [0.05, 0.1) is 44.8 Å². The Morgan fingerprint density at radius 3 is 2.61 bits per heavy atom. The molecule has 0 radical (unpaired) electrons. The minimum absolute atomic E-state index is 0.00457. The Hall–Kier alpha value is -4.19. The molecule has 260 valence electrons. The number of aromatic nitrogens is 4. The summed E-state index contributed by atoms with van der Waals surface area (Å²) in [5.74, 6) is 9.66. The lowest BCUT2D eigenvalue weighted by Crippen LogP contribution is -2.54. The van der Waals surface area contributed by atoms with Crippen molar-refractivity contribution in [2.24, 2.45) is 17.8 Å². The summed E-state index contributed by atoms with van der Waals surface area (Å²) in [7, 11) is 1.33. The van der Waals surface area contributed by atoms with Crippen LogP contribution in [0.4, 0.5) is 4.79 Å². The molecule has 3 aliphatic heterocycles. The number of fused-ring (bicyclic) bond motifs is 6. The van der Waals surface area contributed by atoms with Crippen LogP contribution in [0.25, 0.3) is 32.8 Å². The number of likely N-dealkylation sites (tertiary alicyclic amines) is 1. The van der Waals surface area contributed by atoms with E-state index in [1.54, 1.807) is 0 Å². The summed E-state index contributed by atoms with van der Waals surface area (Å²) in [6.45, 7) is 1.16. The number of alkyl carbamates (subject to hydrolysis) is 1. The van der Waals surface area contributed by atoms with E-state index in [1.807, 2.05) is 23.1 Å². The molecule has 10 rings (SSSR count). The van der Waals surface area contributed by atoms with Gasteiger partial charge in [-0.1, -0.05) is 46.6 Å². The maximum absolute atomic E-state index is 14.2. The molecule has 12 heteroatoms. The van der Waals surface area contributed by atoms with E-state index in [9.17, 15) is 9.59 Å². The minimum Gasteiger partial charge on any atom is -0.453 e. The van der Waals surface area contributed by atoms with E-state index in [-0.39, 0.29) is 33.5 Å². The molecule has 7 atom stereocenters. The first kappa shape index (κ1) is 31.5. The van der Waals surface area contributed by atoms with Crippen LogP contribution in [0.15, 0.2) is 48.5 Å². The number of halogens is 1. The molecule has 5 fully saturated rings. The molecule has 5 heterocycles. The molecule has 2 amide bonds. The molecule has 3 unspecified atom stereocenters. The van der Waals surface area contributed by atoms with Crippen LogP contribution in [0, 0.1) is 29.6 Å². The second-order valence-electron chi connectivity index (χ2n) is 14.9. The number of benzene rings is 3. The summed E-state index contributed by atoms with van der Waals surface area (Å²) >= 11 is 2.55. The van der Waals surface area contributed by atoms with Crippen LogP contribution in [0.3, 0.4) is 0 Å². The van der Waals surface area contributed by atoms with Crippen molar-refractivity contribution in [1.82, 2.24) is 35.5 Å². The summed E-state index contributed by atoms with van der Waals surface area (Å²) in [6, 6.07) is 16.2.